The van der Waals surface area contributed by atoms with Crippen molar-refractivity contribution in [2.45, 2.75) is 40.2 Å². The number of aromatic nitrogens is 2. The number of hydrogen-bond acceptors (Lipinski definition) is 3. The van der Waals surface area contributed by atoms with E-state index in [4.69, 9.17) is 0 Å². The number of hydrogen-bond donors (Lipinski definition) is 0. The fourth-order valence-corrected chi connectivity index (χ4v) is 4.71. The summed E-state index contributed by atoms with van der Waals surface area (Å²) in [6, 6.07) is 9.26. The standard InChI is InChI=1S/C25H27FN3OS/c1-4-22-14-21(20-5-6-23(26)17(2)13-20)9-12-29(22)16-24(30)28-10-7-19(8-11-28)25-27-15-18(3)31-25/h5-7,9,12-15H,4,8,10-11,16H2,1-3H3/q+1. The van der Waals surface area contributed by atoms with Crippen LogP contribution in [0.2, 0.25) is 0 Å². The molecule has 0 unspecified atom stereocenters. The summed E-state index contributed by atoms with van der Waals surface area (Å²) in [4.78, 5) is 20.5. The van der Waals surface area contributed by atoms with Crippen molar-refractivity contribution in [2.24, 2.45) is 0 Å². The molecule has 1 aliphatic rings. The van der Waals surface area contributed by atoms with Gasteiger partial charge >= 0.3 is 0 Å². The van der Waals surface area contributed by atoms with Crippen LogP contribution in [0.1, 0.15) is 34.5 Å². The van der Waals surface area contributed by atoms with Gasteiger partial charge in [0.25, 0.3) is 5.91 Å². The molecule has 0 saturated carbocycles. The first kappa shape index (κ1) is 21.4. The summed E-state index contributed by atoms with van der Waals surface area (Å²) in [5.74, 6) is -0.0736. The molecule has 3 heterocycles. The number of carbonyl (C=O) groups excluding carboxylic acids is 1. The fourth-order valence-electron chi connectivity index (χ4n) is 3.88. The lowest BCUT2D eigenvalue weighted by Gasteiger charge is -2.25. The number of thiazole rings is 1. The lowest BCUT2D eigenvalue weighted by molar-refractivity contribution is -0.692. The van der Waals surface area contributed by atoms with Crippen molar-refractivity contribution in [1.29, 1.82) is 0 Å². The summed E-state index contributed by atoms with van der Waals surface area (Å²) < 4.78 is 15.6. The van der Waals surface area contributed by atoms with Gasteiger partial charge in [-0.3, -0.25) is 4.79 Å². The molecule has 6 heteroatoms. The van der Waals surface area contributed by atoms with Crippen molar-refractivity contribution in [3.63, 3.8) is 0 Å². The van der Waals surface area contributed by atoms with Crippen LogP contribution in [0, 0.1) is 19.7 Å². The van der Waals surface area contributed by atoms with E-state index in [1.165, 1.54) is 16.5 Å². The summed E-state index contributed by atoms with van der Waals surface area (Å²) in [6.45, 7) is 7.59. The topological polar surface area (TPSA) is 37.1 Å². The van der Waals surface area contributed by atoms with Gasteiger partial charge in [0.05, 0.1) is 0 Å². The third-order valence-electron chi connectivity index (χ3n) is 5.74. The molecular weight excluding hydrogens is 409 g/mol. The summed E-state index contributed by atoms with van der Waals surface area (Å²) in [7, 11) is 0. The minimum absolute atomic E-state index is 0.121. The Bertz CT molecular complexity index is 1150. The molecule has 160 valence electrons. The Morgan fingerprint density at radius 2 is 2.03 bits per heavy atom. The molecular formula is C25H27FN3OS+. The maximum Gasteiger partial charge on any atom is 0.288 e. The molecule has 1 aromatic carbocycles. The monoisotopic (exact) mass is 436 g/mol. The number of carbonyl (C=O) groups is 1. The van der Waals surface area contributed by atoms with Crippen LogP contribution in [0.25, 0.3) is 16.7 Å². The van der Waals surface area contributed by atoms with Gasteiger partial charge in [-0.2, -0.15) is 4.57 Å². The number of rotatable bonds is 5. The second kappa shape index (κ2) is 9.10. The number of pyridine rings is 1. The zero-order valence-electron chi connectivity index (χ0n) is 18.2. The molecule has 0 spiro atoms. The summed E-state index contributed by atoms with van der Waals surface area (Å²) in [6.07, 6.45) is 7.65. The van der Waals surface area contributed by atoms with Crippen LogP contribution in [0.15, 0.2) is 48.8 Å². The van der Waals surface area contributed by atoms with Crippen LogP contribution in [0.5, 0.6) is 0 Å². The van der Waals surface area contributed by atoms with E-state index < -0.39 is 0 Å². The van der Waals surface area contributed by atoms with Crippen LogP contribution in [-0.4, -0.2) is 28.9 Å². The largest absolute Gasteiger partial charge is 0.333 e. The summed E-state index contributed by atoms with van der Waals surface area (Å²) in [5, 5.41) is 1.07. The Kier molecular flexibility index (Phi) is 6.28. The van der Waals surface area contributed by atoms with Crippen LogP contribution >= 0.6 is 11.3 Å². The molecule has 3 aromatic rings. The van der Waals surface area contributed by atoms with E-state index in [-0.39, 0.29) is 11.7 Å². The van der Waals surface area contributed by atoms with Crippen molar-refractivity contribution in [3.8, 4) is 11.1 Å². The van der Waals surface area contributed by atoms with Gasteiger partial charge in [0, 0.05) is 42.7 Å². The Balaban J connectivity index is 1.47. The molecule has 0 N–H and O–H groups in total. The molecule has 0 fully saturated rings. The van der Waals surface area contributed by atoms with Crippen LogP contribution < -0.4 is 4.57 Å². The SMILES string of the molecule is CCc1cc(-c2ccc(F)c(C)c2)cc[n+]1CC(=O)N1CC=C(c2ncc(C)s2)CC1. The Morgan fingerprint density at radius 3 is 2.68 bits per heavy atom. The first-order valence-corrected chi connectivity index (χ1v) is 11.4. The first-order valence-electron chi connectivity index (χ1n) is 10.6. The second-order valence-corrected chi connectivity index (χ2v) is 9.18. The molecule has 31 heavy (non-hydrogen) atoms. The molecule has 0 bridgehead atoms. The molecule has 1 amide bonds. The first-order chi connectivity index (χ1) is 14.9. The van der Waals surface area contributed by atoms with Crippen LogP contribution in [0.4, 0.5) is 4.39 Å². The Hall–Kier alpha value is -2.86. The minimum atomic E-state index is -0.195. The lowest BCUT2D eigenvalue weighted by atomic mass is 10.0. The van der Waals surface area contributed by atoms with E-state index in [2.05, 4.69) is 31.0 Å². The second-order valence-electron chi connectivity index (χ2n) is 7.95. The minimum Gasteiger partial charge on any atom is -0.333 e. The van der Waals surface area contributed by atoms with E-state index in [9.17, 15) is 9.18 Å². The number of amides is 1. The zero-order chi connectivity index (χ0) is 22.0. The highest BCUT2D eigenvalue weighted by molar-refractivity contribution is 7.12. The third-order valence-corrected chi connectivity index (χ3v) is 6.73. The number of halogens is 1. The van der Waals surface area contributed by atoms with Gasteiger partial charge in [-0.15, -0.1) is 11.3 Å². The number of benzene rings is 1. The smallest absolute Gasteiger partial charge is 0.288 e. The predicted molar refractivity (Wildman–Crippen MR) is 122 cm³/mol. The van der Waals surface area contributed by atoms with Crippen LogP contribution in [-0.2, 0) is 17.8 Å². The van der Waals surface area contributed by atoms with Crippen LogP contribution in [0.3, 0.4) is 0 Å². The van der Waals surface area contributed by atoms with Crippen molar-refractivity contribution in [3.05, 3.63) is 75.8 Å². The molecule has 0 atom stereocenters. The van der Waals surface area contributed by atoms with Gasteiger partial charge in [0.2, 0.25) is 6.54 Å². The van der Waals surface area contributed by atoms with E-state index in [1.807, 2.05) is 34.0 Å². The Labute approximate surface area is 186 Å². The number of nitrogens with zero attached hydrogens (tertiary/aromatic N) is 3. The maximum atomic E-state index is 13.6. The van der Waals surface area contributed by atoms with Gasteiger partial charge in [-0.1, -0.05) is 19.1 Å². The van der Waals surface area contributed by atoms with Gasteiger partial charge in [-0.25, -0.2) is 9.37 Å². The van der Waals surface area contributed by atoms with Gasteiger partial charge < -0.3 is 4.90 Å². The van der Waals surface area contributed by atoms with Crippen molar-refractivity contribution in [1.82, 2.24) is 9.88 Å². The summed E-state index contributed by atoms with van der Waals surface area (Å²) >= 11 is 1.70. The van der Waals surface area contributed by atoms with E-state index >= 15 is 0 Å². The van der Waals surface area contributed by atoms with Gasteiger partial charge in [0.15, 0.2) is 11.9 Å². The van der Waals surface area contributed by atoms with E-state index in [0.29, 0.717) is 18.7 Å². The number of aryl methyl sites for hydroxylation is 3. The maximum absolute atomic E-state index is 13.6. The lowest BCUT2D eigenvalue weighted by Crippen LogP contribution is -2.48. The molecule has 0 saturated heterocycles. The Morgan fingerprint density at radius 1 is 1.23 bits per heavy atom. The van der Waals surface area contributed by atoms with Gasteiger partial charge in [-0.05, 0) is 54.7 Å². The molecule has 4 rings (SSSR count). The highest BCUT2D eigenvalue weighted by Crippen LogP contribution is 2.26. The molecule has 0 aliphatic carbocycles. The zero-order valence-corrected chi connectivity index (χ0v) is 19.0. The fraction of sp³-hybridized carbons (Fsp3) is 0.320. The molecule has 1 aliphatic heterocycles. The quantitative estimate of drug-likeness (QED) is 0.542. The normalized spacial score (nSPS) is 13.9. The third kappa shape index (κ3) is 4.74. The summed E-state index contributed by atoms with van der Waals surface area (Å²) in [5.41, 5.74) is 4.97. The molecule has 4 nitrogen and oxygen atoms in total. The highest BCUT2D eigenvalue weighted by atomic mass is 32.1. The molecule has 0 radical (unpaired) electrons. The average Bonchev–Trinajstić information content (AvgIpc) is 3.22. The van der Waals surface area contributed by atoms with E-state index in [0.717, 1.165) is 41.2 Å². The highest BCUT2D eigenvalue weighted by Gasteiger charge is 2.23. The van der Waals surface area contributed by atoms with Crippen molar-refractivity contribution in [2.75, 3.05) is 13.1 Å². The average molecular weight is 437 g/mol. The van der Waals surface area contributed by atoms with E-state index in [1.54, 1.807) is 24.3 Å². The van der Waals surface area contributed by atoms with Crippen molar-refractivity contribution < 1.29 is 13.8 Å². The van der Waals surface area contributed by atoms with Crippen molar-refractivity contribution >= 4 is 22.8 Å². The van der Waals surface area contributed by atoms with Gasteiger partial charge in [0.1, 0.15) is 10.8 Å². The predicted octanol–water partition coefficient (Wildman–Crippen LogP) is 4.73. The molecule has 2 aromatic heterocycles.